The van der Waals surface area contributed by atoms with Gasteiger partial charge in [0.25, 0.3) is 0 Å². The Morgan fingerprint density at radius 3 is 2.47 bits per heavy atom. The quantitative estimate of drug-likeness (QED) is 0.911. The van der Waals surface area contributed by atoms with Gasteiger partial charge in [0.05, 0.1) is 5.56 Å². The summed E-state index contributed by atoms with van der Waals surface area (Å²) in [5.41, 5.74) is 5.49. The number of halogens is 3. The maximum Gasteiger partial charge on any atom is 0.416 e. The fourth-order valence-corrected chi connectivity index (χ4v) is 2.35. The molecule has 0 heterocycles. The lowest BCUT2D eigenvalue weighted by molar-refractivity contribution is -0.138. The second kappa shape index (κ2) is 5.04. The molecular weight excluding hydrogens is 253 g/mol. The molecule has 0 amide bonds. The van der Waals surface area contributed by atoms with Crippen LogP contribution in [-0.4, -0.2) is 13.6 Å². The van der Waals surface area contributed by atoms with Crippen molar-refractivity contribution in [1.29, 1.82) is 0 Å². The van der Waals surface area contributed by atoms with Crippen molar-refractivity contribution >= 4 is 5.69 Å². The van der Waals surface area contributed by atoms with E-state index < -0.39 is 11.7 Å². The normalized spacial score (nSPS) is 22.4. The van der Waals surface area contributed by atoms with E-state index in [1.54, 1.807) is 6.07 Å². The molecule has 1 aliphatic carbocycles. The number of alkyl halides is 3. The lowest BCUT2D eigenvalue weighted by atomic mass is 10.1. The van der Waals surface area contributed by atoms with Crippen LogP contribution in [0.5, 0.6) is 0 Å². The summed E-state index contributed by atoms with van der Waals surface area (Å²) in [6, 6.07) is 4.39. The molecule has 0 aliphatic heterocycles. The predicted octanol–water partition coefficient (Wildman–Crippen LogP) is 3.26. The van der Waals surface area contributed by atoms with E-state index in [2.05, 4.69) is 6.92 Å². The molecule has 5 heteroatoms. The van der Waals surface area contributed by atoms with E-state index in [1.807, 2.05) is 11.9 Å². The average Bonchev–Trinajstić information content (AvgIpc) is 3.02. The fraction of sp³-hybridized carbons (Fsp3) is 0.571. The van der Waals surface area contributed by atoms with Crippen molar-refractivity contribution in [2.45, 2.75) is 26.1 Å². The molecule has 0 bridgehead atoms. The van der Waals surface area contributed by atoms with Crippen molar-refractivity contribution in [3.8, 4) is 0 Å². The zero-order valence-electron chi connectivity index (χ0n) is 11.2. The van der Waals surface area contributed by atoms with Gasteiger partial charge < -0.3 is 10.6 Å². The highest BCUT2D eigenvalue weighted by Gasteiger charge is 2.35. The number of hydrogen-bond acceptors (Lipinski definition) is 2. The summed E-state index contributed by atoms with van der Waals surface area (Å²) in [6.07, 6.45) is -3.18. The molecule has 0 aromatic heterocycles. The number of hydrogen-bond donors (Lipinski definition) is 1. The SMILES string of the molecule is CC1CC1CN(C)c1ccc(CN)c(C(F)(F)F)c1. The molecule has 0 radical (unpaired) electrons. The lowest BCUT2D eigenvalue weighted by Gasteiger charge is -2.22. The van der Waals surface area contributed by atoms with E-state index >= 15 is 0 Å². The van der Waals surface area contributed by atoms with Crippen LogP contribution in [0, 0.1) is 11.8 Å². The second-order valence-corrected chi connectivity index (χ2v) is 5.40. The van der Waals surface area contributed by atoms with Gasteiger partial charge in [-0.15, -0.1) is 0 Å². The zero-order valence-corrected chi connectivity index (χ0v) is 11.2. The molecule has 1 aromatic carbocycles. The number of benzene rings is 1. The smallest absolute Gasteiger partial charge is 0.374 e. The minimum Gasteiger partial charge on any atom is -0.374 e. The third-order valence-electron chi connectivity index (χ3n) is 3.84. The first kappa shape index (κ1) is 14.2. The summed E-state index contributed by atoms with van der Waals surface area (Å²) in [4.78, 5) is 1.89. The van der Waals surface area contributed by atoms with Gasteiger partial charge in [-0.1, -0.05) is 13.0 Å². The minimum absolute atomic E-state index is 0.0987. The van der Waals surface area contributed by atoms with E-state index in [0.717, 1.165) is 13.0 Å². The Labute approximate surface area is 111 Å². The Hall–Kier alpha value is -1.23. The van der Waals surface area contributed by atoms with E-state index in [-0.39, 0.29) is 12.1 Å². The second-order valence-electron chi connectivity index (χ2n) is 5.40. The van der Waals surface area contributed by atoms with Gasteiger partial charge >= 0.3 is 6.18 Å². The fourth-order valence-electron chi connectivity index (χ4n) is 2.35. The van der Waals surface area contributed by atoms with E-state index in [4.69, 9.17) is 5.73 Å². The topological polar surface area (TPSA) is 29.3 Å². The highest BCUT2D eigenvalue weighted by molar-refractivity contribution is 5.51. The van der Waals surface area contributed by atoms with Crippen LogP contribution in [0.2, 0.25) is 0 Å². The molecule has 2 nitrogen and oxygen atoms in total. The Balaban J connectivity index is 2.22. The Morgan fingerprint density at radius 2 is 2.00 bits per heavy atom. The monoisotopic (exact) mass is 272 g/mol. The van der Waals surface area contributed by atoms with Gasteiger partial charge in [-0.3, -0.25) is 0 Å². The molecule has 2 atom stereocenters. The Kier molecular flexibility index (Phi) is 3.76. The lowest BCUT2D eigenvalue weighted by Crippen LogP contribution is -2.22. The maximum atomic E-state index is 12.9. The molecule has 2 rings (SSSR count). The number of nitrogens with zero attached hydrogens (tertiary/aromatic N) is 1. The predicted molar refractivity (Wildman–Crippen MR) is 69.9 cm³/mol. The standard InChI is InChI=1S/C14H19F3N2/c1-9-5-11(9)8-19(2)12-4-3-10(7-18)13(6-12)14(15,16)17/h3-4,6,9,11H,5,7-8,18H2,1-2H3. The van der Waals surface area contributed by atoms with Crippen LogP contribution in [0.25, 0.3) is 0 Å². The molecule has 1 fully saturated rings. The van der Waals surface area contributed by atoms with Gasteiger partial charge in [0, 0.05) is 25.8 Å². The highest BCUT2D eigenvalue weighted by atomic mass is 19.4. The van der Waals surface area contributed by atoms with E-state index in [9.17, 15) is 13.2 Å². The molecule has 0 spiro atoms. The van der Waals surface area contributed by atoms with Crippen LogP contribution in [-0.2, 0) is 12.7 Å². The number of nitrogens with two attached hydrogens (primary N) is 1. The molecule has 19 heavy (non-hydrogen) atoms. The number of anilines is 1. The van der Waals surface area contributed by atoms with Crippen molar-refractivity contribution in [2.24, 2.45) is 17.6 Å². The van der Waals surface area contributed by atoms with Gasteiger partial charge in [-0.2, -0.15) is 13.2 Å². The molecule has 0 saturated heterocycles. The molecule has 1 aliphatic rings. The van der Waals surface area contributed by atoms with E-state index in [1.165, 1.54) is 12.1 Å². The van der Waals surface area contributed by atoms with Crippen molar-refractivity contribution < 1.29 is 13.2 Å². The van der Waals surface area contributed by atoms with Gasteiger partial charge in [0.2, 0.25) is 0 Å². The van der Waals surface area contributed by atoms with Crippen LogP contribution in [0.15, 0.2) is 18.2 Å². The highest BCUT2D eigenvalue weighted by Crippen LogP contribution is 2.39. The minimum atomic E-state index is -4.35. The average molecular weight is 272 g/mol. The first-order valence-corrected chi connectivity index (χ1v) is 6.44. The van der Waals surface area contributed by atoms with Crippen LogP contribution in [0.4, 0.5) is 18.9 Å². The van der Waals surface area contributed by atoms with Crippen molar-refractivity contribution in [3.05, 3.63) is 29.3 Å². The molecule has 1 aromatic rings. The summed E-state index contributed by atoms with van der Waals surface area (Å²) in [7, 11) is 1.84. The van der Waals surface area contributed by atoms with Crippen LogP contribution in [0.1, 0.15) is 24.5 Å². The summed E-state index contributed by atoms with van der Waals surface area (Å²) < 4.78 is 38.8. The van der Waals surface area contributed by atoms with Crippen molar-refractivity contribution in [3.63, 3.8) is 0 Å². The maximum absolute atomic E-state index is 12.9. The van der Waals surface area contributed by atoms with Gasteiger partial charge in [-0.05, 0) is 36.0 Å². The third kappa shape index (κ3) is 3.21. The summed E-state index contributed by atoms with van der Waals surface area (Å²) in [5.74, 6) is 1.29. The van der Waals surface area contributed by atoms with Crippen LogP contribution in [0.3, 0.4) is 0 Å². The molecular formula is C14H19F3N2. The van der Waals surface area contributed by atoms with Crippen LogP contribution >= 0.6 is 0 Å². The largest absolute Gasteiger partial charge is 0.416 e. The Bertz CT molecular complexity index is 456. The van der Waals surface area contributed by atoms with E-state index in [0.29, 0.717) is 17.5 Å². The molecule has 2 N–H and O–H groups in total. The third-order valence-corrected chi connectivity index (χ3v) is 3.84. The number of rotatable bonds is 4. The first-order valence-electron chi connectivity index (χ1n) is 6.44. The summed E-state index contributed by atoms with van der Waals surface area (Å²) in [5, 5.41) is 0. The van der Waals surface area contributed by atoms with Crippen molar-refractivity contribution in [1.82, 2.24) is 0 Å². The van der Waals surface area contributed by atoms with Crippen molar-refractivity contribution in [2.75, 3.05) is 18.5 Å². The molecule has 2 unspecified atom stereocenters. The van der Waals surface area contributed by atoms with Gasteiger partial charge in [0.15, 0.2) is 0 Å². The molecule has 106 valence electrons. The molecule has 1 saturated carbocycles. The summed E-state index contributed by atoms with van der Waals surface area (Å²) in [6.45, 7) is 2.87. The Morgan fingerprint density at radius 1 is 1.37 bits per heavy atom. The zero-order chi connectivity index (χ0) is 14.2. The van der Waals surface area contributed by atoms with Gasteiger partial charge in [-0.25, -0.2) is 0 Å². The first-order chi connectivity index (χ1) is 8.82. The van der Waals surface area contributed by atoms with Crippen LogP contribution < -0.4 is 10.6 Å². The van der Waals surface area contributed by atoms with Gasteiger partial charge in [0.1, 0.15) is 0 Å². The summed E-state index contributed by atoms with van der Waals surface area (Å²) >= 11 is 0.